The summed E-state index contributed by atoms with van der Waals surface area (Å²) in [6.45, 7) is 0. The molecule has 0 bridgehead atoms. The lowest BCUT2D eigenvalue weighted by Gasteiger charge is -2.00. The third kappa shape index (κ3) is 2.04. The number of hydrogen-bond acceptors (Lipinski definition) is 3. The summed E-state index contributed by atoms with van der Waals surface area (Å²) in [5.41, 5.74) is -0.377. The van der Waals surface area contributed by atoms with Crippen LogP contribution in [0.5, 0.6) is 0 Å². The summed E-state index contributed by atoms with van der Waals surface area (Å²) in [5, 5.41) is 15.3. The molecule has 0 atom stereocenters. The van der Waals surface area contributed by atoms with Gasteiger partial charge in [-0.3, -0.25) is 0 Å². The fourth-order valence-electron chi connectivity index (χ4n) is 0.878. The Balaban J connectivity index is 3.46. The van der Waals surface area contributed by atoms with Crippen LogP contribution in [0, 0.1) is 0 Å². The molecule has 2 N–H and O–H groups in total. The van der Waals surface area contributed by atoms with E-state index in [1.165, 1.54) is 12.1 Å². The number of benzene rings is 1. The molecule has 13 heavy (non-hydrogen) atoms. The van der Waals surface area contributed by atoms with Gasteiger partial charge in [0.05, 0.1) is 10.5 Å². The Morgan fingerprint density at radius 2 is 1.85 bits per heavy atom. The number of nitrogens with one attached hydrogen (secondary N) is 1. The molecule has 69 valence electrons. The Labute approximate surface area is 74.9 Å². The fraction of sp³-hybridized carbons (Fsp3) is 0. The van der Waals surface area contributed by atoms with Crippen LogP contribution in [0.4, 0.5) is 0 Å². The van der Waals surface area contributed by atoms with Gasteiger partial charge in [0.25, 0.3) is 10.0 Å². The third-order valence-electron chi connectivity index (χ3n) is 1.41. The van der Waals surface area contributed by atoms with Gasteiger partial charge in [-0.05, 0) is 12.1 Å². The molecular weight excluding hydrogens is 194 g/mol. The minimum atomic E-state index is -4.21. The molecule has 0 spiro atoms. The van der Waals surface area contributed by atoms with E-state index in [1.807, 2.05) is 0 Å². The fourth-order valence-corrected chi connectivity index (χ4v) is 1.58. The molecule has 0 aliphatic heterocycles. The lowest BCUT2D eigenvalue weighted by molar-refractivity contribution is 0.0692. The molecule has 1 radical (unpaired) electrons. The van der Waals surface area contributed by atoms with Gasteiger partial charge in [-0.15, -0.1) is 5.14 Å². The van der Waals surface area contributed by atoms with E-state index in [1.54, 1.807) is 0 Å². The minimum Gasteiger partial charge on any atom is -0.478 e. The second kappa shape index (κ2) is 3.15. The second-order valence-electron chi connectivity index (χ2n) is 2.30. The molecule has 1 rings (SSSR count). The molecule has 0 amide bonds. The predicted octanol–water partition coefficient (Wildman–Crippen LogP) is 0.356. The van der Waals surface area contributed by atoms with Crippen molar-refractivity contribution in [3.8, 4) is 0 Å². The molecule has 0 aliphatic carbocycles. The van der Waals surface area contributed by atoms with Crippen LogP contribution in [-0.2, 0) is 10.0 Å². The molecule has 1 aromatic carbocycles. The average molecular weight is 200 g/mol. The van der Waals surface area contributed by atoms with Crippen LogP contribution < -0.4 is 5.14 Å². The smallest absolute Gasteiger partial charge is 0.337 e. The van der Waals surface area contributed by atoms with Gasteiger partial charge in [0.1, 0.15) is 0 Å². The summed E-state index contributed by atoms with van der Waals surface area (Å²) in [7, 11) is -4.21. The first-order valence-corrected chi connectivity index (χ1v) is 4.73. The molecule has 0 saturated carbocycles. The highest BCUT2D eigenvalue weighted by atomic mass is 32.2. The highest BCUT2D eigenvalue weighted by molar-refractivity contribution is 7.88. The summed E-state index contributed by atoms with van der Waals surface area (Å²) >= 11 is 0. The van der Waals surface area contributed by atoms with Crippen molar-refractivity contribution in [3.05, 3.63) is 29.8 Å². The van der Waals surface area contributed by atoms with Crippen LogP contribution in [0.25, 0.3) is 0 Å². The predicted molar refractivity (Wildman–Crippen MR) is 43.7 cm³/mol. The van der Waals surface area contributed by atoms with Crippen LogP contribution in [-0.4, -0.2) is 19.5 Å². The van der Waals surface area contributed by atoms with Crippen molar-refractivity contribution >= 4 is 16.0 Å². The van der Waals surface area contributed by atoms with E-state index in [4.69, 9.17) is 10.2 Å². The van der Waals surface area contributed by atoms with Gasteiger partial charge in [-0.2, -0.15) is 0 Å². The highest BCUT2D eigenvalue weighted by Gasteiger charge is 2.17. The molecule has 0 unspecified atom stereocenters. The summed E-state index contributed by atoms with van der Waals surface area (Å²) in [5.74, 6) is -1.36. The molecule has 0 aromatic heterocycles. The minimum absolute atomic E-state index is 0.377. The maximum atomic E-state index is 10.8. The quantitative estimate of drug-likeness (QED) is 0.745. The van der Waals surface area contributed by atoms with E-state index in [0.717, 1.165) is 12.1 Å². The SMILES string of the molecule is [NH]S(=O)(=O)c1ccccc1C(=O)O. The normalized spacial score (nSPS) is 11.2. The third-order valence-corrected chi connectivity index (χ3v) is 2.34. The van der Waals surface area contributed by atoms with Crippen molar-refractivity contribution in [1.29, 1.82) is 0 Å². The zero-order chi connectivity index (χ0) is 10.1. The van der Waals surface area contributed by atoms with Crippen molar-refractivity contribution in [2.24, 2.45) is 0 Å². The van der Waals surface area contributed by atoms with Crippen molar-refractivity contribution in [1.82, 2.24) is 5.14 Å². The molecule has 1 aromatic rings. The number of aromatic carboxylic acids is 1. The summed E-state index contributed by atoms with van der Waals surface area (Å²) < 4.78 is 21.5. The standard InChI is InChI=1S/C7H6NO4S/c8-13(11,12)6-4-2-1-3-5(6)7(9)10/h1-4,8H,(H,9,10). The largest absolute Gasteiger partial charge is 0.478 e. The number of hydrogen-bond donors (Lipinski definition) is 1. The van der Waals surface area contributed by atoms with Gasteiger partial charge in [-0.1, -0.05) is 12.1 Å². The van der Waals surface area contributed by atoms with E-state index in [2.05, 4.69) is 0 Å². The average Bonchev–Trinajstić information content (AvgIpc) is 2.03. The Bertz CT molecular complexity index is 438. The van der Waals surface area contributed by atoms with Crippen LogP contribution >= 0.6 is 0 Å². The molecule has 5 nitrogen and oxygen atoms in total. The first-order valence-electron chi connectivity index (χ1n) is 3.25. The van der Waals surface area contributed by atoms with Crippen LogP contribution in [0.2, 0.25) is 0 Å². The van der Waals surface area contributed by atoms with Gasteiger partial charge >= 0.3 is 5.97 Å². The Hall–Kier alpha value is -1.40. The van der Waals surface area contributed by atoms with Gasteiger partial charge in [0.15, 0.2) is 0 Å². The van der Waals surface area contributed by atoms with Crippen LogP contribution in [0.3, 0.4) is 0 Å². The second-order valence-corrected chi connectivity index (χ2v) is 3.75. The molecule has 6 heteroatoms. The molecule has 0 fully saturated rings. The van der Waals surface area contributed by atoms with Gasteiger partial charge in [0, 0.05) is 0 Å². The Kier molecular flexibility index (Phi) is 2.35. The first kappa shape index (κ1) is 9.69. The Morgan fingerprint density at radius 3 is 2.23 bits per heavy atom. The van der Waals surface area contributed by atoms with E-state index in [-0.39, 0.29) is 5.56 Å². The maximum absolute atomic E-state index is 10.8. The lowest BCUT2D eigenvalue weighted by atomic mass is 10.2. The molecule has 0 saturated heterocycles. The lowest BCUT2D eigenvalue weighted by Crippen LogP contribution is -2.08. The zero-order valence-corrected chi connectivity index (χ0v) is 7.21. The number of rotatable bonds is 2. The molecule has 0 heterocycles. The topological polar surface area (TPSA) is 95.2 Å². The number of carbonyl (C=O) groups is 1. The van der Waals surface area contributed by atoms with Gasteiger partial charge < -0.3 is 5.11 Å². The van der Waals surface area contributed by atoms with Crippen molar-refractivity contribution in [2.75, 3.05) is 0 Å². The van der Waals surface area contributed by atoms with Crippen molar-refractivity contribution in [3.63, 3.8) is 0 Å². The van der Waals surface area contributed by atoms with E-state index >= 15 is 0 Å². The summed E-state index contributed by atoms with van der Waals surface area (Å²) in [6, 6.07) is 5.00. The number of carboxylic acid groups (broad SMARTS) is 1. The highest BCUT2D eigenvalue weighted by Crippen LogP contribution is 2.13. The maximum Gasteiger partial charge on any atom is 0.337 e. The molecular formula is C7H6NO4S. The van der Waals surface area contributed by atoms with E-state index in [9.17, 15) is 13.2 Å². The number of sulfonamides is 1. The van der Waals surface area contributed by atoms with Crippen LogP contribution in [0.1, 0.15) is 10.4 Å². The number of carboxylic acids is 1. The van der Waals surface area contributed by atoms with E-state index in [0.29, 0.717) is 0 Å². The first-order chi connectivity index (χ1) is 5.93. The summed E-state index contributed by atoms with van der Waals surface area (Å²) in [6.07, 6.45) is 0. The molecule has 0 aliphatic rings. The Morgan fingerprint density at radius 1 is 1.31 bits per heavy atom. The van der Waals surface area contributed by atoms with Gasteiger partial charge in [-0.25, -0.2) is 13.2 Å². The van der Waals surface area contributed by atoms with E-state index < -0.39 is 20.9 Å². The van der Waals surface area contributed by atoms with Crippen molar-refractivity contribution in [2.45, 2.75) is 4.90 Å². The van der Waals surface area contributed by atoms with Crippen molar-refractivity contribution < 1.29 is 18.3 Å². The monoisotopic (exact) mass is 200 g/mol. The zero-order valence-electron chi connectivity index (χ0n) is 6.39. The van der Waals surface area contributed by atoms with Crippen LogP contribution in [0.15, 0.2) is 29.2 Å². The van der Waals surface area contributed by atoms with Gasteiger partial charge in [0.2, 0.25) is 0 Å². The summed E-state index contributed by atoms with van der Waals surface area (Å²) in [4.78, 5) is 10.0.